The third-order valence-corrected chi connectivity index (χ3v) is 3.30. The van der Waals surface area contributed by atoms with E-state index in [0.717, 1.165) is 11.6 Å². The van der Waals surface area contributed by atoms with Gasteiger partial charge in [-0.25, -0.2) is 9.78 Å². The van der Waals surface area contributed by atoms with Crippen LogP contribution in [0.2, 0.25) is 0 Å². The fraction of sp³-hybridized carbons (Fsp3) is 0. The number of hydrogen-bond donors (Lipinski definition) is 2. The molecule has 2 heterocycles. The minimum absolute atomic E-state index is 0.159. The Morgan fingerprint density at radius 1 is 1.00 bits per heavy atom. The third-order valence-electron chi connectivity index (χ3n) is 3.30. The molecule has 0 aliphatic rings. The zero-order chi connectivity index (χ0) is 17.6. The SMILES string of the molecule is O=C(O)C=Cc1cccc(NC(=O)c2ccc(-c3ccccc3)o2)n1. The van der Waals surface area contributed by atoms with Gasteiger partial charge in [0.2, 0.25) is 0 Å². The summed E-state index contributed by atoms with van der Waals surface area (Å²) in [4.78, 5) is 27.0. The van der Waals surface area contributed by atoms with Crippen LogP contribution in [0.5, 0.6) is 0 Å². The summed E-state index contributed by atoms with van der Waals surface area (Å²) in [6, 6.07) is 17.7. The van der Waals surface area contributed by atoms with Crippen molar-refractivity contribution in [1.82, 2.24) is 4.98 Å². The second-order valence-electron chi connectivity index (χ2n) is 5.10. The molecule has 1 aromatic carbocycles. The molecule has 3 rings (SSSR count). The molecule has 0 saturated heterocycles. The maximum Gasteiger partial charge on any atom is 0.328 e. The van der Waals surface area contributed by atoms with Crippen LogP contribution in [0.4, 0.5) is 5.82 Å². The molecular formula is C19H14N2O4. The van der Waals surface area contributed by atoms with Crippen molar-refractivity contribution in [3.63, 3.8) is 0 Å². The van der Waals surface area contributed by atoms with Crippen LogP contribution in [0.3, 0.4) is 0 Å². The first-order valence-electron chi connectivity index (χ1n) is 7.46. The van der Waals surface area contributed by atoms with E-state index in [1.54, 1.807) is 30.3 Å². The molecule has 0 aliphatic carbocycles. The summed E-state index contributed by atoms with van der Waals surface area (Å²) >= 11 is 0. The highest BCUT2D eigenvalue weighted by molar-refractivity contribution is 6.02. The van der Waals surface area contributed by atoms with E-state index in [4.69, 9.17) is 9.52 Å². The molecule has 124 valence electrons. The predicted molar refractivity (Wildman–Crippen MR) is 93.0 cm³/mol. The normalized spacial score (nSPS) is 10.7. The van der Waals surface area contributed by atoms with Gasteiger partial charge < -0.3 is 14.8 Å². The van der Waals surface area contributed by atoms with E-state index in [0.29, 0.717) is 17.3 Å². The van der Waals surface area contributed by atoms with Gasteiger partial charge in [-0.3, -0.25) is 4.79 Å². The lowest BCUT2D eigenvalue weighted by molar-refractivity contribution is -0.131. The molecule has 0 atom stereocenters. The van der Waals surface area contributed by atoms with Crippen molar-refractivity contribution in [2.45, 2.75) is 0 Å². The van der Waals surface area contributed by atoms with Crippen molar-refractivity contribution in [3.8, 4) is 11.3 Å². The minimum Gasteiger partial charge on any atom is -0.478 e. The number of amides is 1. The summed E-state index contributed by atoms with van der Waals surface area (Å²) < 4.78 is 5.58. The van der Waals surface area contributed by atoms with Crippen molar-refractivity contribution in [1.29, 1.82) is 0 Å². The Kier molecular flexibility index (Phi) is 4.71. The number of carboxylic acids is 1. The number of aromatic nitrogens is 1. The van der Waals surface area contributed by atoms with Crippen LogP contribution in [0, 0.1) is 0 Å². The lowest BCUT2D eigenvalue weighted by atomic mass is 10.2. The lowest BCUT2D eigenvalue weighted by Gasteiger charge is -2.03. The average Bonchev–Trinajstić information content (AvgIpc) is 3.11. The molecule has 6 heteroatoms. The largest absolute Gasteiger partial charge is 0.478 e. The lowest BCUT2D eigenvalue weighted by Crippen LogP contribution is -2.12. The van der Waals surface area contributed by atoms with E-state index in [1.807, 2.05) is 30.3 Å². The highest BCUT2D eigenvalue weighted by atomic mass is 16.4. The van der Waals surface area contributed by atoms with Gasteiger partial charge in [0.05, 0.1) is 5.69 Å². The van der Waals surface area contributed by atoms with Crippen molar-refractivity contribution in [3.05, 3.63) is 78.2 Å². The first-order valence-corrected chi connectivity index (χ1v) is 7.46. The Labute approximate surface area is 143 Å². The standard InChI is InChI=1S/C19H14N2O4/c22-18(23)12-9-14-7-4-8-17(20-14)21-19(24)16-11-10-15(25-16)13-5-2-1-3-6-13/h1-12H,(H,22,23)(H,20,21,24). The van der Waals surface area contributed by atoms with Gasteiger partial charge in [0.1, 0.15) is 11.6 Å². The van der Waals surface area contributed by atoms with Crippen LogP contribution in [0.15, 0.2) is 71.2 Å². The Balaban J connectivity index is 1.74. The zero-order valence-electron chi connectivity index (χ0n) is 13.0. The van der Waals surface area contributed by atoms with Crippen LogP contribution in [0.1, 0.15) is 16.2 Å². The first-order chi connectivity index (χ1) is 12.1. The van der Waals surface area contributed by atoms with Crippen LogP contribution < -0.4 is 5.32 Å². The maximum atomic E-state index is 12.3. The molecule has 0 spiro atoms. The van der Waals surface area contributed by atoms with E-state index in [2.05, 4.69) is 10.3 Å². The highest BCUT2D eigenvalue weighted by Crippen LogP contribution is 2.22. The number of pyridine rings is 1. The highest BCUT2D eigenvalue weighted by Gasteiger charge is 2.13. The molecule has 2 N–H and O–H groups in total. The molecule has 1 amide bonds. The summed E-state index contributed by atoms with van der Waals surface area (Å²) in [5.41, 5.74) is 1.30. The molecule has 0 saturated carbocycles. The molecule has 0 fully saturated rings. The van der Waals surface area contributed by atoms with Crippen LogP contribution in [-0.4, -0.2) is 22.0 Å². The van der Waals surface area contributed by atoms with E-state index in [9.17, 15) is 9.59 Å². The average molecular weight is 334 g/mol. The van der Waals surface area contributed by atoms with Crippen molar-refractivity contribution >= 4 is 23.8 Å². The van der Waals surface area contributed by atoms with Crippen LogP contribution >= 0.6 is 0 Å². The van der Waals surface area contributed by atoms with E-state index >= 15 is 0 Å². The summed E-state index contributed by atoms with van der Waals surface area (Å²) in [6.45, 7) is 0. The minimum atomic E-state index is -1.07. The van der Waals surface area contributed by atoms with Gasteiger partial charge in [0.15, 0.2) is 5.76 Å². The van der Waals surface area contributed by atoms with E-state index < -0.39 is 11.9 Å². The predicted octanol–water partition coefficient (Wildman–Crippen LogP) is 3.69. The number of furan rings is 1. The zero-order valence-corrected chi connectivity index (χ0v) is 13.0. The third kappa shape index (κ3) is 4.20. The van der Waals surface area contributed by atoms with Gasteiger partial charge in [-0.05, 0) is 30.3 Å². The summed E-state index contributed by atoms with van der Waals surface area (Å²) in [5, 5.41) is 11.3. The number of carbonyl (C=O) groups is 2. The second kappa shape index (κ2) is 7.27. The number of aliphatic carboxylic acids is 1. The van der Waals surface area contributed by atoms with Gasteiger partial charge in [-0.15, -0.1) is 0 Å². The van der Waals surface area contributed by atoms with Crippen LogP contribution in [-0.2, 0) is 4.79 Å². The van der Waals surface area contributed by atoms with Gasteiger partial charge in [-0.2, -0.15) is 0 Å². The molecule has 6 nitrogen and oxygen atoms in total. The van der Waals surface area contributed by atoms with Crippen molar-refractivity contribution < 1.29 is 19.1 Å². The number of carbonyl (C=O) groups excluding carboxylic acids is 1. The number of carboxylic acid groups (broad SMARTS) is 1. The van der Waals surface area contributed by atoms with Gasteiger partial charge in [0.25, 0.3) is 5.91 Å². The Morgan fingerprint density at radius 3 is 2.56 bits per heavy atom. The first kappa shape index (κ1) is 16.2. The maximum absolute atomic E-state index is 12.3. The number of anilines is 1. The molecule has 0 aliphatic heterocycles. The Bertz CT molecular complexity index is 929. The number of nitrogens with one attached hydrogen (secondary N) is 1. The second-order valence-corrected chi connectivity index (χ2v) is 5.10. The van der Waals surface area contributed by atoms with Crippen LogP contribution in [0.25, 0.3) is 17.4 Å². The molecule has 0 unspecified atom stereocenters. The monoisotopic (exact) mass is 334 g/mol. The number of rotatable bonds is 5. The van der Waals surface area contributed by atoms with Crippen molar-refractivity contribution in [2.75, 3.05) is 5.32 Å². The van der Waals surface area contributed by atoms with Crippen molar-refractivity contribution in [2.24, 2.45) is 0 Å². The molecule has 2 aromatic heterocycles. The Morgan fingerprint density at radius 2 is 1.80 bits per heavy atom. The molecule has 0 bridgehead atoms. The van der Waals surface area contributed by atoms with Gasteiger partial charge >= 0.3 is 5.97 Å². The topological polar surface area (TPSA) is 92.4 Å². The molecule has 25 heavy (non-hydrogen) atoms. The fourth-order valence-corrected chi connectivity index (χ4v) is 2.17. The fourth-order valence-electron chi connectivity index (χ4n) is 2.17. The van der Waals surface area contributed by atoms with Gasteiger partial charge in [0, 0.05) is 11.6 Å². The van der Waals surface area contributed by atoms with E-state index in [-0.39, 0.29) is 5.76 Å². The molecular weight excluding hydrogens is 320 g/mol. The number of hydrogen-bond acceptors (Lipinski definition) is 4. The molecule has 3 aromatic rings. The quantitative estimate of drug-likeness (QED) is 0.694. The number of nitrogens with zero attached hydrogens (tertiary/aromatic N) is 1. The van der Waals surface area contributed by atoms with Gasteiger partial charge in [-0.1, -0.05) is 36.4 Å². The summed E-state index contributed by atoms with van der Waals surface area (Å²) in [6.07, 6.45) is 2.32. The Hall–Kier alpha value is -3.67. The number of benzene rings is 1. The smallest absolute Gasteiger partial charge is 0.328 e. The summed E-state index contributed by atoms with van der Waals surface area (Å²) in [7, 11) is 0. The van der Waals surface area contributed by atoms with E-state index in [1.165, 1.54) is 6.08 Å². The molecule has 0 radical (unpaired) electrons. The summed E-state index contributed by atoms with van der Waals surface area (Å²) in [5.74, 6) is -0.450.